The summed E-state index contributed by atoms with van der Waals surface area (Å²) < 4.78 is 6.15. The summed E-state index contributed by atoms with van der Waals surface area (Å²) in [5.41, 5.74) is 2.08. The second-order valence-corrected chi connectivity index (χ2v) is 10.1. The number of unbranched alkanes of at least 4 members (excludes halogenated alkanes) is 7. The Morgan fingerprint density at radius 1 is 0.971 bits per heavy atom. The summed E-state index contributed by atoms with van der Waals surface area (Å²) >= 11 is 0. The molecule has 0 aliphatic carbocycles. The van der Waals surface area contributed by atoms with Gasteiger partial charge >= 0.3 is 0 Å². The Bertz CT molecular complexity index is 903. The van der Waals surface area contributed by atoms with Gasteiger partial charge in [0.15, 0.2) is 0 Å². The van der Waals surface area contributed by atoms with Crippen molar-refractivity contribution in [1.29, 1.82) is 0 Å². The molecule has 0 radical (unpaired) electrons. The first-order valence-electron chi connectivity index (χ1n) is 12.7. The van der Waals surface area contributed by atoms with Gasteiger partial charge in [-0.25, -0.2) is 0 Å². The molecule has 186 valence electrons. The Balaban J connectivity index is 2.03. The topological polar surface area (TPSA) is 59.5 Å². The maximum atomic E-state index is 13.3. The van der Waals surface area contributed by atoms with Crippen molar-refractivity contribution in [2.24, 2.45) is 0 Å². The number of nitrogens with zero attached hydrogens (tertiary/aromatic N) is 2. The summed E-state index contributed by atoms with van der Waals surface area (Å²) in [6.45, 7) is 10.9. The van der Waals surface area contributed by atoms with E-state index in [1.54, 1.807) is 24.5 Å². The maximum Gasteiger partial charge on any atom is 0.260 e. The highest BCUT2D eigenvalue weighted by molar-refractivity contribution is 6.04. The van der Waals surface area contributed by atoms with Crippen LogP contribution >= 0.6 is 0 Å². The van der Waals surface area contributed by atoms with Crippen LogP contribution in [0.2, 0.25) is 0 Å². The Morgan fingerprint density at radius 3 is 2.24 bits per heavy atom. The number of aromatic nitrogens is 1. The highest BCUT2D eigenvalue weighted by Crippen LogP contribution is 2.33. The Labute approximate surface area is 205 Å². The molecule has 5 heteroatoms. The highest BCUT2D eigenvalue weighted by Gasteiger charge is 2.25. The minimum absolute atomic E-state index is 0.198. The van der Waals surface area contributed by atoms with Crippen molar-refractivity contribution in [3.63, 3.8) is 0 Å². The van der Waals surface area contributed by atoms with Crippen molar-refractivity contribution < 1.29 is 14.3 Å². The van der Waals surface area contributed by atoms with Crippen molar-refractivity contribution in [3.8, 4) is 5.75 Å². The molecule has 0 atom stereocenters. The molecule has 0 unspecified atom stereocenters. The summed E-state index contributed by atoms with van der Waals surface area (Å²) in [4.78, 5) is 30.9. The minimum Gasteiger partial charge on any atom is -0.493 e. The van der Waals surface area contributed by atoms with Crippen molar-refractivity contribution in [3.05, 3.63) is 59.4 Å². The van der Waals surface area contributed by atoms with Crippen LogP contribution in [0.15, 0.2) is 42.7 Å². The molecule has 0 fully saturated rings. The molecular weight excluding hydrogens is 424 g/mol. The fourth-order valence-electron chi connectivity index (χ4n) is 3.95. The van der Waals surface area contributed by atoms with Gasteiger partial charge in [0.2, 0.25) is 5.91 Å². The molecule has 2 rings (SSSR count). The van der Waals surface area contributed by atoms with E-state index >= 15 is 0 Å². The van der Waals surface area contributed by atoms with Gasteiger partial charge in [0.25, 0.3) is 5.91 Å². The van der Waals surface area contributed by atoms with Gasteiger partial charge in [-0.15, -0.1) is 0 Å². The first kappa shape index (κ1) is 27.6. The zero-order valence-corrected chi connectivity index (χ0v) is 21.7. The molecule has 2 amide bonds. The van der Waals surface area contributed by atoms with E-state index in [0.29, 0.717) is 12.2 Å². The average molecular weight is 467 g/mol. The number of carbonyl (C=O) groups is 2. The van der Waals surface area contributed by atoms with Gasteiger partial charge in [-0.2, -0.15) is 0 Å². The molecule has 0 bridgehead atoms. The van der Waals surface area contributed by atoms with Gasteiger partial charge < -0.3 is 4.74 Å². The summed E-state index contributed by atoms with van der Waals surface area (Å²) in [5, 5.41) is 0. The maximum absolute atomic E-state index is 13.3. The van der Waals surface area contributed by atoms with Gasteiger partial charge in [-0.05, 0) is 41.7 Å². The molecule has 2 aromatic rings. The number of benzene rings is 1. The number of carbonyl (C=O) groups excluding carboxylic acids is 2. The lowest BCUT2D eigenvalue weighted by molar-refractivity contribution is -0.126. The van der Waals surface area contributed by atoms with Crippen LogP contribution in [0.1, 0.15) is 107 Å². The molecule has 5 nitrogen and oxygen atoms in total. The zero-order chi connectivity index (χ0) is 25.0. The van der Waals surface area contributed by atoms with Crippen LogP contribution < -0.4 is 4.74 Å². The number of pyridine rings is 1. The van der Waals surface area contributed by atoms with Crippen molar-refractivity contribution in [2.45, 2.75) is 97.9 Å². The van der Waals surface area contributed by atoms with E-state index < -0.39 is 0 Å². The molecule has 0 saturated heterocycles. The van der Waals surface area contributed by atoms with E-state index in [-0.39, 0.29) is 23.8 Å². The van der Waals surface area contributed by atoms with Crippen molar-refractivity contribution in [1.82, 2.24) is 9.88 Å². The standard InChI is InChI=1S/C29H42N2O3/c1-6-7-8-9-10-11-12-13-19-34-27-17-16-25(20-26(27)29(3,4)5)28(33)31(23(2)32)22-24-15-14-18-30-21-24/h14-18,20-21H,6-13,19,22H2,1-5H3. The predicted octanol–water partition coefficient (Wildman–Crippen LogP) is 7.09. The van der Waals surface area contributed by atoms with Crippen molar-refractivity contribution >= 4 is 11.8 Å². The molecule has 1 aromatic heterocycles. The van der Waals surface area contributed by atoms with Crippen molar-refractivity contribution in [2.75, 3.05) is 6.61 Å². The summed E-state index contributed by atoms with van der Waals surface area (Å²) in [6, 6.07) is 9.18. The van der Waals surface area contributed by atoms with E-state index in [0.717, 1.165) is 23.3 Å². The first-order chi connectivity index (χ1) is 16.2. The third-order valence-electron chi connectivity index (χ3n) is 5.98. The van der Waals surface area contributed by atoms with E-state index in [9.17, 15) is 9.59 Å². The number of ether oxygens (including phenoxy) is 1. The Kier molecular flexibility index (Phi) is 11.2. The molecule has 0 saturated carbocycles. The number of hydrogen-bond acceptors (Lipinski definition) is 4. The molecule has 0 aliphatic rings. The predicted molar refractivity (Wildman–Crippen MR) is 138 cm³/mol. The SMILES string of the molecule is CCCCCCCCCCOc1ccc(C(=O)N(Cc2cccnc2)C(C)=O)cc1C(C)(C)C. The molecule has 0 aliphatic heterocycles. The monoisotopic (exact) mass is 466 g/mol. The number of rotatable bonds is 13. The van der Waals surface area contributed by atoms with E-state index in [1.807, 2.05) is 18.2 Å². The van der Waals surface area contributed by atoms with E-state index in [2.05, 4.69) is 32.7 Å². The van der Waals surface area contributed by atoms with Gasteiger partial charge in [0.05, 0.1) is 13.2 Å². The van der Waals surface area contributed by atoms with Gasteiger partial charge in [-0.3, -0.25) is 19.5 Å². The molecule has 0 spiro atoms. The molecule has 0 N–H and O–H groups in total. The molecule has 1 heterocycles. The van der Waals surface area contributed by atoms with Gasteiger partial charge in [0, 0.05) is 30.4 Å². The quantitative estimate of drug-likeness (QED) is 0.296. The Morgan fingerprint density at radius 2 is 1.65 bits per heavy atom. The lowest BCUT2D eigenvalue weighted by Crippen LogP contribution is -2.35. The van der Waals surface area contributed by atoms with Crippen LogP contribution in [0.4, 0.5) is 0 Å². The third-order valence-corrected chi connectivity index (χ3v) is 5.98. The number of imide groups is 1. The molecule has 34 heavy (non-hydrogen) atoms. The normalized spacial score (nSPS) is 11.3. The largest absolute Gasteiger partial charge is 0.493 e. The van der Waals surface area contributed by atoms with Crippen LogP contribution in [0, 0.1) is 0 Å². The second kappa shape index (κ2) is 13.9. The summed E-state index contributed by atoms with van der Waals surface area (Å²) in [5.74, 6) is 0.214. The molecule has 1 aromatic carbocycles. The van der Waals surface area contributed by atoms with Gasteiger partial charge in [0.1, 0.15) is 5.75 Å². The molecular formula is C29H42N2O3. The first-order valence-corrected chi connectivity index (χ1v) is 12.7. The van der Waals surface area contributed by atoms with Crippen LogP contribution in [0.5, 0.6) is 5.75 Å². The smallest absolute Gasteiger partial charge is 0.260 e. The zero-order valence-electron chi connectivity index (χ0n) is 21.7. The fraction of sp³-hybridized carbons (Fsp3) is 0.552. The number of amides is 2. The summed E-state index contributed by atoms with van der Waals surface area (Å²) in [6.07, 6.45) is 13.4. The highest BCUT2D eigenvalue weighted by atomic mass is 16.5. The number of hydrogen-bond donors (Lipinski definition) is 0. The minimum atomic E-state index is -0.309. The fourth-order valence-corrected chi connectivity index (χ4v) is 3.95. The summed E-state index contributed by atoms with van der Waals surface area (Å²) in [7, 11) is 0. The lowest BCUT2D eigenvalue weighted by atomic mass is 9.85. The van der Waals surface area contributed by atoms with Crippen LogP contribution in [-0.4, -0.2) is 28.3 Å². The second-order valence-electron chi connectivity index (χ2n) is 10.1. The van der Waals surface area contributed by atoms with E-state index in [4.69, 9.17) is 4.74 Å². The van der Waals surface area contributed by atoms with Crippen LogP contribution in [-0.2, 0) is 16.8 Å². The van der Waals surface area contributed by atoms with Gasteiger partial charge in [-0.1, -0.05) is 78.7 Å². The van der Waals surface area contributed by atoms with Crippen LogP contribution in [0.3, 0.4) is 0 Å². The third kappa shape index (κ3) is 8.92. The van der Waals surface area contributed by atoms with E-state index in [1.165, 1.54) is 56.8 Å². The lowest BCUT2D eigenvalue weighted by Gasteiger charge is -2.25. The average Bonchev–Trinajstić information content (AvgIpc) is 2.81. The van der Waals surface area contributed by atoms with Crippen LogP contribution in [0.25, 0.3) is 0 Å². The Hall–Kier alpha value is -2.69.